The minimum absolute atomic E-state index is 0.0295. The van der Waals surface area contributed by atoms with E-state index in [-0.39, 0.29) is 11.9 Å². The third-order valence-electron chi connectivity index (χ3n) is 4.45. The first-order chi connectivity index (χ1) is 13.1. The molecule has 0 fully saturated rings. The fourth-order valence-corrected chi connectivity index (χ4v) is 4.02. The summed E-state index contributed by atoms with van der Waals surface area (Å²) in [4.78, 5) is 26.4. The van der Waals surface area contributed by atoms with Crippen LogP contribution >= 0.6 is 11.3 Å². The summed E-state index contributed by atoms with van der Waals surface area (Å²) in [5.74, 6) is -0.0295. The molecule has 2 N–H and O–H groups in total. The van der Waals surface area contributed by atoms with E-state index < -0.39 is 0 Å². The molecule has 0 spiro atoms. The minimum Gasteiger partial charge on any atom is -0.348 e. The number of aromatic nitrogens is 4. The van der Waals surface area contributed by atoms with Crippen LogP contribution in [0.3, 0.4) is 0 Å². The van der Waals surface area contributed by atoms with E-state index in [1.165, 1.54) is 0 Å². The van der Waals surface area contributed by atoms with Gasteiger partial charge in [0.05, 0.1) is 30.6 Å². The largest absolute Gasteiger partial charge is 0.348 e. The number of nitrogens with zero attached hydrogens (tertiary/aromatic N) is 4. The molecule has 0 unspecified atom stereocenters. The Bertz CT molecular complexity index is 1130. The van der Waals surface area contributed by atoms with Crippen molar-refractivity contribution >= 4 is 38.6 Å². The van der Waals surface area contributed by atoms with Gasteiger partial charge in [0.2, 0.25) is 5.91 Å². The van der Waals surface area contributed by atoms with Gasteiger partial charge in [-0.25, -0.2) is 15.0 Å². The predicted molar refractivity (Wildman–Crippen MR) is 108 cm³/mol. The molecular weight excluding hydrogens is 360 g/mol. The third-order valence-corrected chi connectivity index (χ3v) is 5.46. The highest BCUT2D eigenvalue weighted by Crippen LogP contribution is 2.33. The van der Waals surface area contributed by atoms with Crippen molar-refractivity contribution in [2.24, 2.45) is 7.05 Å². The molecule has 0 aliphatic carbocycles. The Morgan fingerprint density at radius 1 is 1.33 bits per heavy atom. The van der Waals surface area contributed by atoms with Crippen molar-refractivity contribution in [3.8, 4) is 10.6 Å². The standard InChI is InChI=1S/C19H20N6OS/c1-11(23-15(26)9-20-2)12-5-4-6-13(7-12)18-24-16-17-14(22-10-25(17)3)8-21-19(16)27-18/h4-8,10-11,20H,9H2,1-3H3,(H,23,26)/t11-/m0/s1. The fraction of sp³-hybridized carbons (Fsp3) is 0.263. The molecule has 0 saturated carbocycles. The zero-order valence-corrected chi connectivity index (χ0v) is 16.2. The van der Waals surface area contributed by atoms with Gasteiger partial charge in [-0.2, -0.15) is 0 Å². The molecule has 0 radical (unpaired) electrons. The molecule has 1 aromatic carbocycles. The van der Waals surface area contributed by atoms with Gasteiger partial charge in [-0.05, 0) is 25.6 Å². The number of imidazole rings is 1. The average molecular weight is 380 g/mol. The monoisotopic (exact) mass is 380 g/mol. The molecule has 0 aliphatic rings. The number of thiazole rings is 1. The molecule has 1 amide bonds. The summed E-state index contributed by atoms with van der Waals surface area (Å²) in [6.07, 6.45) is 3.57. The van der Waals surface area contributed by atoms with Crippen LogP contribution in [0.1, 0.15) is 18.5 Å². The lowest BCUT2D eigenvalue weighted by Crippen LogP contribution is -2.33. The van der Waals surface area contributed by atoms with Crippen molar-refractivity contribution in [3.05, 3.63) is 42.4 Å². The van der Waals surface area contributed by atoms with E-state index in [4.69, 9.17) is 4.98 Å². The first-order valence-corrected chi connectivity index (χ1v) is 9.49. The Kier molecular flexibility index (Phi) is 4.59. The number of amides is 1. The molecule has 0 aliphatic heterocycles. The number of carbonyl (C=O) groups excluding carboxylic acids is 1. The van der Waals surface area contributed by atoms with Gasteiger partial charge >= 0.3 is 0 Å². The Morgan fingerprint density at radius 3 is 3.00 bits per heavy atom. The van der Waals surface area contributed by atoms with Crippen LogP contribution < -0.4 is 10.6 Å². The van der Waals surface area contributed by atoms with E-state index in [2.05, 4.69) is 26.7 Å². The number of benzene rings is 1. The van der Waals surface area contributed by atoms with Gasteiger partial charge in [0.15, 0.2) is 0 Å². The number of aryl methyl sites for hydroxylation is 1. The first kappa shape index (κ1) is 17.6. The van der Waals surface area contributed by atoms with E-state index in [0.29, 0.717) is 6.54 Å². The van der Waals surface area contributed by atoms with Crippen molar-refractivity contribution in [3.63, 3.8) is 0 Å². The summed E-state index contributed by atoms with van der Waals surface area (Å²) >= 11 is 1.56. The molecule has 4 aromatic rings. The van der Waals surface area contributed by atoms with Crippen LogP contribution in [0.5, 0.6) is 0 Å². The number of likely N-dealkylation sites (N-methyl/N-ethyl adjacent to an activating group) is 1. The van der Waals surface area contributed by atoms with Crippen molar-refractivity contribution in [2.75, 3.05) is 13.6 Å². The summed E-state index contributed by atoms with van der Waals surface area (Å²) in [6.45, 7) is 2.28. The fourth-order valence-electron chi connectivity index (χ4n) is 3.11. The molecule has 4 rings (SSSR count). The smallest absolute Gasteiger partial charge is 0.234 e. The summed E-state index contributed by atoms with van der Waals surface area (Å²) in [6, 6.07) is 8.03. The Morgan fingerprint density at radius 2 is 2.19 bits per heavy atom. The average Bonchev–Trinajstić information content (AvgIpc) is 3.25. The Hall–Kier alpha value is -2.84. The van der Waals surface area contributed by atoms with E-state index in [0.717, 1.165) is 37.5 Å². The summed E-state index contributed by atoms with van der Waals surface area (Å²) in [7, 11) is 3.72. The topological polar surface area (TPSA) is 84.7 Å². The molecule has 0 saturated heterocycles. The van der Waals surface area contributed by atoms with E-state index in [1.54, 1.807) is 30.9 Å². The van der Waals surface area contributed by atoms with Crippen molar-refractivity contribution < 1.29 is 4.79 Å². The molecule has 0 bridgehead atoms. The van der Waals surface area contributed by atoms with Gasteiger partial charge in [0.1, 0.15) is 20.9 Å². The van der Waals surface area contributed by atoms with Crippen LogP contribution in [0.2, 0.25) is 0 Å². The summed E-state index contributed by atoms with van der Waals surface area (Å²) < 4.78 is 1.97. The van der Waals surface area contributed by atoms with Crippen molar-refractivity contribution in [2.45, 2.75) is 13.0 Å². The zero-order valence-electron chi connectivity index (χ0n) is 15.4. The number of carbonyl (C=O) groups is 1. The van der Waals surface area contributed by atoms with E-state index in [1.807, 2.05) is 36.7 Å². The first-order valence-electron chi connectivity index (χ1n) is 8.67. The summed E-state index contributed by atoms with van der Waals surface area (Å²) in [5.41, 5.74) is 4.76. The molecule has 1 atom stereocenters. The second-order valence-corrected chi connectivity index (χ2v) is 7.44. The van der Waals surface area contributed by atoms with Gasteiger partial charge in [0.25, 0.3) is 0 Å². The maximum Gasteiger partial charge on any atom is 0.234 e. The number of nitrogens with one attached hydrogen (secondary N) is 2. The maximum atomic E-state index is 11.8. The minimum atomic E-state index is -0.0814. The SMILES string of the molecule is CNCC(=O)N[C@@H](C)c1cccc(-c2nc3c(ncc4ncn(C)c43)s2)c1. The lowest BCUT2D eigenvalue weighted by molar-refractivity contribution is -0.120. The van der Waals surface area contributed by atoms with Crippen LogP contribution in [0.15, 0.2) is 36.8 Å². The van der Waals surface area contributed by atoms with Gasteiger partial charge < -0.3 is 15.2 Å². The lowest BCUT2D eigenvalue weighted by atomic mass is 10.1. The molecule has 27 heavy (non-hydrogen) atoms. The second kappa shape index (κ2) is 7.05. The number of hydrogen-bond donors (Lipinski definition) is 2. The zero-order chi connectivity index (χ0) is 19.0. The van der Waals surface area contributed by atoms with Gasteiger partial charge in [-0.15, -0.1) is 0 Å². The Labute approximate surface area is 160 Å². The van der Waals surface area contributed by atoms with Crippen LogP contribution in [0.4, 0.5) is 0 Å². The molecule has 138 valence electrons. The number of fused-ring (bicyclic) bond motifs is 3. The van der Waals surface area contributed by atoms with Crippen LogP contribution in [-0.4, -0.2) is 39.0 Å². The Balaban J connectivity index is 1.70. The quantitative estimate of drug-likeness (QED) is 0.556. The third kappa shape index (κ3) is 3.29. The highest BCUT2D eigenvalue weighted by Gasteiger charge is 2.15. The van der Waals surface area contributed by atoms with Crippen LogP contribution in [0.25, 0.3) is 32.0 Å². The second-order valence-electron chi connectivity index (χ2n) is 6.47. The number of hydrogen-bond acceptors (Lipinski definition) is 6. The van der Waals surface area contributed by atoms with Gasteiger partial charge in [-0.3, -0.25) is 4.79 Å². The molecular formula is C19H20N6OS. The van der Waals surface area contributed by atoms with Crippen LogP contribution in [-0.2, 0) is 11.8 Å². The molecule has 3 aromatic heterocycles. The lowest BCUT2D eigenvalue weighted by Gasteiger charge is -2.15. The molecule has 7 nitrogen and oxygen atoms in total. The summed E-state index contributed by atoms with van der Waals surface area (Å²) in [5, 5.41) is 6.75. The molecule has 8 heteroatoms. The normalized spacial score (nSPS) is 12.6. The maximum absolute atomic E-state index is 11.8. The highest BCUT2D eigenvalue weighted by atomic mass is 32.1. The van der Waals surface area contributed by atoms with Gasteiger partial charge in [0, 0.05) is 12.6 Å². The number of rotatable bonds is 5. The van der Waals surface area contributed by atoms with Crippen molar-refractivity contribution in [1.82, 2.24) is 30.2 Å². The van der Waals surface area contributed by atoms with Crippen molar-refractivity contribution in [1.29, 1.82) is 0 Å². The molecule has 3 heterocycles. The number of pyridine rings is 1. The van der Waals surface area contributed by atoms with E-state index in [9.17, 15) is 4.79 Å². The van der Waals surface area contributed by atoms with Crippen LogP contribution in [0, 0.1) is 0 Å². The highest BCUT2D eigenvalue weighted by molar-refractivity contribution is 7.21. The van der Waals surface area contributed by atoms with Gasteiger partial charge in [-0.1, -0.05) is 29.5 Å². The predicted octanol–water partition coefficient (Wildman–Crippen LogP) is 2.64. The van der Waals surface area contributed by atoms with E-state index >= 15 is 0 Å².